The molecule has 0 bridgehead atoms. The van der Waals surface area contributed by atoms with Crippen LogP contribution in [0.15, 0.2) is 17.1 Å². The van der Waals surface area contributed by atoms with Crippen molar-refractivity contribution in [2.75, 3.05) is 11.9 Å². The summed E-state index contributed by atoms with van der Waals surface area (Å²) in [6.07, 6.45) is -3.59. The largest absolute Gasteiger partial charge is 0.394 e. The quantitative estimate of drug-likeness (QED) is 0.347. The fourth-order valence-electron chi connectivity index (χ4n) is 2.48. The van der Waals surface area contributed by atoms with Crippen molar-refractivity contribution >= 4 is 17.5 Å². The SMILES string of the molecule is CC(=O)C(N)CCC(=O)Nc1ccn([C@@H]2O[C@H](CO)[C@H](O)C2O)c(=O)n1. The van der Waals surface area contributed by atoms with Crippen LogP contribution in [0.1, 0.15) is 26.0 Å². The summed E-state index contributed by atoms with van der Waals surface area (Å²) in [5.41, 5.74) is 4.72. The molecule has 11 nitrogen and oxygen atoms in total. The number of carbonyl (C=O) groups is 2. The first kappa shape index (κ1) is 20.1. The van der Waals surface area contributed by atoms with Gasteiger partial charge in [0.05, 0.1) is 12.6 Å². The van der Waals surface area contributed by atoms with Crippen molar-refractivity contribution in [3.63, 3.8) is 0 Å². The van der Waals surface area contributed by atoms with Gasteiger partial charge in [-0.3, -0.25) is 14.2 Å². The van der Waals surface area contributed by atoms with Crippen LogP contribution < -0.4 is 16.7 Å². The zero-order valence-electron chi connectivity index (χ0n) is 14.1. The highest BCUT2D eigenvalue weighted by atomic mass is 16.6. The molecule has 1 aromatic rings. The maximum absolute atomic E-state index is 12.1. The van der Waals surface area contributed by atoms with Crippen LogP contribution in [0.5, 0.6) is 0 Å². The Labute approximate surface area is 148 Å². The summed E-state index contributed by atoms with van der Waals surface area (Å²) in [5.74, 6) is -0.698. The van der Waals surface area contributed by atoms with Crippen molar-refractivity contribution < 1.29 is 29.6 Å². The van der Waals surface area contributed by atoms with Gasteiger partial charge < -0.3 is 31.1 Å². The molecule has 1 aliphatic heterocycles. The number of nitrogens with one attached hydrogen (secondary N) is 1. The number of hydrogen-bond donors (Lipinski definition) is 5. The molecule has 2 unspecified atom stereocenters. The van der Waals surface area contributed by atoms with Crippen LogP contribution in [0.25, 0.3) is 0 Å². The maximum atomic E-state index is 12.1. The Kier molecular flexibility index (Phi) is 6.56. The van der Waals surface area contributed by atoms with E-state index in [1.54, 1.807) is 0 Å². The number of ether oxygens (including phenoxy) is 1. The number of amides is 1. The van der Waals surface area contributed by atoms with Crippen molar-refractivity contribution in [3.05, 3.63) is 22.7 Å². The van der Waals surface area contributed by atoms with Crippen LogP contribution in [0.4, 0.5) is 5.82 Å². The zero-order valence-corrected chi connectivity index (χ0v) is 14.1. The molecule has 1 amide bonds. The first-order valence-corrected chi connectivity index (χ1v) is 8.02. The summed E-state index contributed by atoms with van der Waals surface area (Å²) in [6, 6.07) is 0.590. The van der Waals surface area contributed by atoms with Gasteiger partial charge in [-0.15, -0.1) is 0 Å². The summed E-state index contributed by atoms with van der Waals surface area (Å²) in [5, 5.41) is 31.2. The van der Waals surface area contributed by atoms with E-state index in [9.17, 15) is 24.6 Å². The van der Waals surface area contributed by atoms with Crippen LogP contribution in [-0.2, 0) is 14.3 Å². The van der Waals surface area contributed by atoms with E-state index in [4.69, 9.17) is 15.6 Å². The smallest absolute Gasteiger partial charge is 0.351 e. The molecular weight excluding hydrogens is 348 g/mol. The summed E-state index contributed by atoms with van der Waals surface area (Å²) in [6.45, 7) is 0.815. The van der Waals surface area contributed by atoms with Crippen LogP contribution >= 0.6 is 0 Å². The maximum Gasteiger partial charge on any atom is 0.351 e. The molecule has 1 saturated heterocycles. The fraction of sp³-hybridized carbons (Fsp3) is 0.600. The number of hydrogen-bond acceptors (Lipinski definition) is 9. The number of carbonyl (C=O) groups excluding carboxylic acids is 2. The van der Waals surface area contributed by atoms with Crippen molar-refractivity contribution in [2.45, 2.75) is 50.3 Å². The van der Waals surface area contributed by atoms with Gasteiger partial charge in [0.2, 0.25) is 5.91 Å². The Morgan fingerprint density at radius 1 is 1.42 bits per heavy atom. The van der Waals surface area contributed by atoms with E-state index < -0.39 is 48.8 Å². The summed E-state index contributed by atoms with van der Waals surface area (Å²) >= 11 is 0. The van der Waals surface area contributed by atoms with Crippen LogP contribution in [0, 0.1) is 0 Å². The molecule has 5 atom stereocenters. The first-order chi connectivity index (χ1) is 12.2. The van der Waals surface area contributed by atoms with Gasteiger partial charge in [-0.2, -0.15) is 4.98 Å². The number of nitrogens with two attached hydrogens (primary N) is 1. The van der Waals surface area contributed by atoms with E-state index in [1.807, 2.05) is 0 Å². The Morgan fingerprint density at radius 3 is 2.65 bits per heavy atom. The second-order valence-electron chi connectivity index (χ2n) is 6.04. The number of aromatic nitrogens is 2. The third-order valence-corrected chi connectivity index (χ3v) is 4.09. The predicted molar refractivity (Wildman–Crippen MR) is 88.0 cm³/mol. The van der Waals surface area contributed by atoms with Crippen LogP contribution in [-0.4, -0.2) is 67.5 Å². The molecule has 6 N–H and O–H groups in total. The van der Waals surface area contributed by atoms with Gasteiger partial charge >= 0.3 is 5.69 Å². The van der Waals surface area contributed by atoms with Crippen molar-refractivity contribution in [1.82, 2.24) is 9.55 Å². The van der Waals surface area contributed by atoms with E-state index in [0.717, 1.165) is 4.57 Å². The third kappa shape index (κ3) is 4.51. The zero-order chi connectivity index (χ0) is 19.4. The monoisotopic (exact) mass is 370 g/mol. The molecule has 2 heterocycles. The van der Waals surface area contributed by atoms with Crippen molar-refractivity contribution in [3.8, 4) is 0 Å². The van der Waals surface area contributed by atoms with Gasteiger partial charge in [-0.1, -0.05) is 0 Å². The van der Waals surface area contributed by atoms with Gasteiger partial charge in [-0.05, 0) is 19.4 Å². The molecule has 1 aliphatic rings. The van der Waals surface area contributed by atoms with Gasteiger partial charge in [0.1, 0.15) is 29.9 Å². The van der Waals surface area contributed by atoms with E-state index in [1.165, 1.54) is 19.2 Å². The average molecular weight is 370 g/mol. The van der Waals surface area contributed by atoms with Crippen LogP contribution in [0.2, 0.25) is 0 Å². The molecule has 1 fully saturated rings. The standard InChI is InChI=1S/C15H22N4O7/c1-7(21)8(16)2-3-11(22)17-10-4-5-19(15(25)18-10)14-13(24)12(23)9(6-20)26-14/h4-5,8-9,12-14,20,23-24H,2-3,6,16H2,1H3,(H,17,18,22,25)/t8?,9-,12+,13?,14-/m1/s1. The van der Waals surface area contributed by atoms with Gasteiger partial charge in [-0.25, -0.2) is 4.79 Å². The van der Waals surface area contributed by atoms with E-state index >= 15 is 0 Å². The van der Waals surface area contributed by atoms with Crippen molar-refractivity contribution in [2.24, 2.45) is 5.73 Å². The number of ketones is 1. The minimum Gasteiger partial charge on any atom is -0.394 e. The van der Waals surface area contributed by atoms with Gasteiger partial charge in [0.25, 0.3) is 0 Å². The number of aliphatic hydroxyl groups is 3. The molecule has 1 aromatic heterocycles. The summed E-state index contributed by atoms with van der Waals surface area (Å²) in [7, 11) is 0. The molecular formula is C15H22N4O7. The second kappa shape index (κ2) is 8.47. The molecule has 144 valence electrons. The lowest BCUT2D eigenvalue weighted by Crippen LogP contribution is -2.36. The lowest BCUT2D eigenvalue weighted by Gasteiger charge is -2.17. The molecule has 2 rings (SSSR count). The average Bonchev–Trinajstić information content (AvgIpc) is 2.87. The Bertz CT molecular complexity index is 722. The fourth-order valence-corrected chi connectivity index (χ4v) is 2.48. The molecule has 0 saturated carbocycles. The topological polar surface area (TPSA) is 177 Å². The number of aliphatic hydroxyl groups excluding tert-OH is 3. The Morgan fingerprint density at radius 2 is 2.12 bits per heavy atom. The molecule has 0 spiro atoms. The molecule has 0 aliphatic carbocycles. The highest BCUT2D eigenvalue weighted by Crippen LogP contribution is 2.28. The minimum absolute atomic E-state index is 0.0136. The lowest BCUT2D eigenvalue weighted by molar-refractivity contribution is -0.119. The predicted octanol–water partition coefficient (Wildman–Crippen LogP) is -2.51. The second-order valence-corrected chi connectivity index (χ2v) is 6.04. The number of rotatable bonds is 7. The number of nitrogens with zero attached hydrogens (tertiary/aromatic N) is 2. The highest BCUT2D eigenvalue weighted by Gasteiger charge is 2.43. The van der Waals surface area contributed by atoms with Gasteiger partial charge in [0, 0.05) is 12.6 Å². The normalized spacial score (nSPS) is 26.5. The van der Waals surface area contributed by atoms with E-state index in [0.29, 0.717) is 0 Å². The van der Waals surface area contributed by atoms with E-state index in [-0.39, 0.29) is 24.4 Å². The third-order valence-electron chi connectivity index (χ3n) is 4.09. The number of anilines is 1. The Balaban J connectivity index is 2.02. The summed E-state index contributed by atoms with van der Waals surface area (Å²) in [4.78, 5) is 38.6. The lowest BCUT2D eigenvalue weighted by atomic mass is 10.1. The molecule has 0 radical (unpaired) electrons. The molecule has 11 heteroatoms. The van der Waals surface area contributed by atoms with E-state index in [2.05, 4.69) is 10.3 Å². The van der Waals surface area contributed by atoms with Gasteiger partial charge in [0.15, 0.2) is 6.23 Å². The summed E-state index contributed by atoms with van der Waals surface area (Å²) < 4.78 is 6.20. The minimum atomic E-state index is -1.42. The van der Waals surface area contributed by atoms with Crippen LogP contribution in [0.3, 0.4) is 0 Å². The molecule has 0 aromatic carbocycles. The number of Topliss-reactive ketones (excluding diaryl/α,β-unsaturated/α-hetero) is 1. The Hall–Kier alpha value is -2.18. The first-order valence-electron chi connectivity index (χ1n) is 8.02. The molecule has 26 heavy (non-hydrogen) atoms. The highest BCUT2D eigenvalue weighted by molar-refractivity contribution is 5.90. The van der Waals surface area contributed by atoms with Crippen molar-refractivity contribution in [1.29, 1.82) is 0 Å².